The summed E-state index contributed by atoms with van der Waals surface area (Å²) in [5.74, 6) is 1.49. The first-order valence-electron chi connectivity index (χ1n) is 7.76. The topological polar surface area (TPSA) is 38.5 Å². The van der Waals surface area contributed by atoms with Gasteiger partial charge in [-0.3, -0.25) is 4.90 Å². The van der Waals surface area contributed by atoms with Crippen LogP contribution in [-0.4, -0.2) is 43.3 Å². The second-order valence-corrected chi connectivity index (χ2v) is 6.41. The molecule has 2 aliphatic rings. The molecule has 3 atom stereocenters. The van der Waals surface area contributed by atoms with Gasteiger partial charge in [-0.15, -0.1) is 0 Å². The van der Waals surface area contributed by atoms with Gasteiger partial charge in [-0.1, -0.05) is 13.8 Å². The maximum absolute atomic E-state index is 5.89. The van der Waals surface area contributed by atoms with Crippen LogP contribution in [-0.2, 0) is 4.74 Å². The van der Waals surface area contributed by atoms with Gasteiger partial charge in [-0.05, 0) is 57.0 Å². The summed E-state index contributed by atoms with van der Waals surface area (Å²) < 4.78 is 5.89. The SMILES string of the molecule is CC(C)C1CC(N2CCCC(CCN)C2)CCO1. The molecule has 3 unspecified atom stereocenters. The fraction of sp³-hybridized carbons (Fsp3) is 1.00. The van der Waals surface area contributed by atoms with Crippen molar-refractivity contribution in [2.75, 3.05) is 26.2 Å². The molecule has 2 N–H and O–H groups in total. The van der Waals surface area contributed by atoms with E-state index in [1.54, 1.807) is 0 Å². The van der Waals surface area contributed by atoms with Crippen LogP contribution in [0.15, 0.2) is 0 Å². The number of likely N-dealkylation sites (tertiary alicyclic amines) is 1. The number of ether oxygens (including phenoxy) is 1. The zero-order valence-electron chi connectivity index (χ0n) is 12.1. The maximum atomic E-state index is 5.89. The molecule has 18 heavy (non-hydrogen) atoms. The van der Waals surface area contributed by atoms with Gasteiger partial charge in [-0.2, -0.15) is 0 Å². The molecule has 0 aromatic heterocycles. The lowest BCUT2D eigenvalue weighted by atomic mass is 9.89. The van der Waals surface area contributed by atoms with E-state index in [1.165, 1.54) is 45.2 Å². The first kappa shape index (κ1) is 14.3. The first-order chi connectivity index (χ1) is 8.70. The van der Waals surface area contributed by atoms with Gasteiger partial charge < -0.3 is 10.5 Å². The van der Waals surface area contributed by atoms with Crippen LogP contribution in [0.2, 0.25) is 0 Å². The Morgan fingerprint density at radius 1 is 1.33 bits per heavy atom. The molecular formula is C15H30N2O. The molecule has 0 amide bonds. The quantitative estimate of drug-likeness (QED) is 0.836. The first-order valence-corrected chi connectivity index (χ1v) is 7.76. The second-order valence-electron chi connectivity index (χ2n) is 6.41. The lowest BCUT2D eigenvalue weighted by Gasteiger charge is -2.42. The van der Waals surface area contributed by atoms with Gasteiger partial charge in [0.1, 0.15) is 0 Å². The summed E-state index contributed by atoms with van der Waals surface area (Å²) in [6, 6.07) is 0.756. The maximum Gasteiger partial charge on any atom is 0.0612 e. The van der Waals surface area contributed by atoms with E-state index in [4.69, 9.17) is 10.5 Å². The average Bonchev–Trinajstić information content (AvgIpc) is 2.39. The summed E-state index contributed by atoms with van der Waals surface area (Å²) in [6.07, 6.45) is 6.86. The number of nitrogens with two attached hydrogens (primary N) is 1. The molecule has 2 fully saturated rings. The van der Waals surface area contributed by atoms with E-state index in [2.05, 4.69) is 18.7 Å². The fourth-order valence-corrected chi connectivity index (χ4v) is 3.51. The number of hydrogen-bond donors (Lipinski definition) is 1. The smallest absolute Gasteiger partial charge is 0.0612 e. The Hall–Kier alpha value is -0.120. The van der Waals surface area contributed by atoms with E-state index in [9.17, 15) is 0 Å². The van der Waals surface area contributed by atoms with E-state index < -0.39 is 0 Å². The molecule has 106 valence electrons. The zero-order chi connectivity index (χ0) is 13.0. The summed E-state index contributed by atoms with van der Waals surface area (Å²) in [5, 5.41) is 0. The van der Waals surface area contributed by atoms with Crippen LogP contribution in [0, 0.1) is 11.8 Å². The average molecular weight is 254 g/mol. The number of nitrogens with zero attached hydrogens (tertiary/aromatic N) is 1. The van der Waals surface area contributed by atoms with Crippen molar-refractivity contribution in [2.45, 2.75) is 58.1 Å². The third-order valence-electron chi connectivity index (χ3n) is 4.67. The minimum atomic E-state index is 0.471. The van der Waals surface area contributed by atoms with Crippen molar-refractivity contribution < 1.29 is 4.74 Å². The van der Waals surface area contributed by atoms with Gasteiger partial charge in [0, 0.05) is 19.2 Å². The molecule has 2 aliphatic heterocycles. The molecule has 3 nitrogen and oxygen atoms in total. The number of hydrogen-bond acceptors (Lipinski definition) is 3. The van der Waals surface area contributed by atoms with Crippen molar-refractivity contribution >= 4 is 0 Å². The Labute approximate surface area is 112 Å². The van der Waals surface area contributed by atoms with Crippen molar-refractivity contribution in [1.82, 2.24) is 4.90 Å². The Bertz CT molecular complexity index is 243. The number of piperidine rings is 1. The molecule has 0 radical (unpaired) electrons. The molecule has 0 spiro atoms. The lowest BCUT2D eigenvalue weighted by Crippen LogP contribution is -2.48. The summed E-state index contributed by atoms with van der Waals surface area (Å²) in [6.45, 7) is 8.91. The van der Waals surface area contributed by atoms with E-state index in [0.29, 0.717) is 12.0 Å². The fourth-order valence-electron chi connectivity index (χ4n) is 3.51. The predicted octanol–water partition coefficient (Wildman–Crippen LogP) is 2.25. The minimum Gasteiger partial charge on any atom is -0.378 e. The highest BCUT2D eigenvalue weighted by molar-refractivity contribution is 4.84. The summed E-state index contributed by atoms with van der Waals surface area (Å²) in [7, 11) is 0. The van der Waals surface area contributed by atoms with Crippen LogP contribution in [0.25, 0.3) is 0 Å². The highest BCUT2D eigenvalue weighted by atomic mass is 16.5. The molecule has 2 heterocycles. The highest BCUT2D eigenvalue weighted by Gasteiger charge is 2.31. The van der Waals surface area contributed by atoms with Crippen molar-refractivity contribution in [1.29, 1.82) is 0 Å². The van der Waals surface area contributed by atoms with Gasteiger partial charge in [0.2, 0.25) is 0 Å². The van der Waals surface area contributed by atoms with E-state index in [0.717, 1.165) is 25.1 Å². The minimum absolute atomic E-state index is 0.471. The molecule has 3 heteroatoms. The van der Waals surface area contributed by atoms with Gasteiger partial charge in [0.15, 0.2) is 0 Å². The van der Waals surface area contributed by atoms with Crippen LogP contribution >= 0.6 is 0 Å². The van der Waals surface area contributed by atoms with E-state index in [1.807, 2.05) is 0 Å². The van der Waals surface area contributed by atoms with Gasteiger partial charge in [0.25, 0.3) is 0 Å². The van der Waals surface area contributed by atoms with Crippen molar-refractivity contribution in [2.24, 2.45) is 17.6 Å². The summed E-state index contributed by atoms with van der Waals surface area (Å²) in [5.41, 5.74) is 5.71. The number of rotatable bonds is 4. The Morgan fingerprint density at radius 2 is 2.17 bits per heavy atom. The van der Waals surface area contributed by atoms with Crippen molar-refractivity contribution in [3.8, 4) is 0 Å². The van der Waals surface area contributed by atoms with Crippen LogP contribution in [0.5, 0.6) is 0 Å². The molecule has 0 saturated carbocycles. The van der Waals surface area contributed by atoms with E-state index in [-0.39, 0.29) is 0 Å². The van der Waals surface area contributed by atoms with Gasteiger partial charge >= 0.3 is 0 Å². The highest BCUT2D eigenvalue weighted by Crippen LogP contribution is 2.28. The van der Waals surface area contributed by atoms with E-state index >= 15 is 0 Å². The van der Waals surface area contributed by atoms with Crippen LogP contribution in [0.3, 0.4) is 0 Å². The van der Waals surface area contributed by atoms with Crippen LogP contribution in [0.1, 0.15) is 46.0 Å². The van der Waals surface area contributed by atoms with Crippen molar-refractivity contribution in [3.63, 3.8) is 0 Å². The Kier molecular flexibility index (Phi) is 5.46. The third kappa shape index (κ3) is 3.69. The molecular weight excluding hydrogens is 224 g/mol. The van der Waals surface area contributed by atoms with Crippen LogP contribution in [0.4, 0.5) is 0 Å². The monoisotopic (exact) mass is 254 g/mol. The third-order valence-corrected chi connectivity index (χ3v) is 4.67. The Morgan fingerprint density at radius 3 is 2.89 bits per heavy atom. The van der Waals surface area contributed by atoms with Gasteiger partial charge in [0.05, 0.1) is 6.10 Å². The molecule has 0 aliphatic carbocycles. The molecule has 0 bridgehead atoms. The largest absolute Gasteiger partial charge is 0.378 e. The van der Waals surface area contributed by atoms with Gasteiger partial charge in [-0.25, -0.2) is 0 Å². The predicted molar refractivity (Wildman–Crippen MR) is 75.6 cm³/mol. The zero-order valence-corrected chi connectivity index (χ0v) is 12.1. The second kappa shape index (κ2) is 6.88. The molecule has 0 aromatic rings. The van der Waals surface area contributed by atoms with Crippen LogP contribution < -0.4 is 5.73 Å². The summed E-state index contributed by atoms with van der Waals surface area (Å²) in [4.78, 5) is 2.72. The molecule has 2 rings (SSSR count). The molecule has 0 aromatic carbocycles. The Balaban J connectivity index is 1.86. The van der Waals surface area contributed by atoms with Crippen molar-refractivity contribution in [3.05, 3.63) is 0 Å². The molecule has 2 saturated heterocycles. The summed E-state index contributed by atoms with van der Waals surface area (Å²) >= 11 is 0. The normalized spacial score (nSPS) is 35.0. The standard InChI is InChI=1S/C15H30N2O/c1-12(2)15-10-14(6-9-18-15)17-8-3-4-13(11-17)5-7-16/h12-15H,3-11,16H2,1-2H3. The lowest BCUT2D eigenvalue weighted by molar-refractivity contribution is -0.0550.